The monoisotopic (exact) mass is 672 g/mol. The third kappa shape index (κ3) is 6.84. The van der Waals surface area contributed by atoms with Crippen molar-refractivity contribution in [1.82, 2.24) is 0 Å². The van der Waals surface area contributed by atoms with Crippen molar-refractivity contribution in [2.75, 3.05) is 41.2 Å². The van der Waals surface area contributed by atoms with Crippen LogP contribution in [-0.4, -0.2) is 65.3 Å². The highest BCUT2D eigenvalue weighted by atomic mass is 16.6. The van der Waals surface area contributed by atoms with E-state index >= 15 is 0 Å². The van der Waals surface area contributed by atoms with Crippen molar-refractivity contribution in [2.24, 2.45) is 0 Å². The lowest BCUT2D eigenvalue weighted by molar-refractivity contribution is -0.145. The van der Waals surface area contributed by atoms with Crippen molar-refractivity contribution >= 4 is 65.8 Å². The Morgan fingerprint density at radius 3 is 1.70 bits per heavy atom. The minimum Gasteiger partial charge on any atom is -0.460 e. The minimum absolute atomic E-state index is 0.0259. The van der Waals surface area contributed by atoms with Gasteiger partial charge in [-0.3, -0.25) is 0 Å². The van der Waals surface area contributed by atoms with Gasteiger partial charge in [-0.2, -0.15) is 0 Å². The van der Waals surface area contributed by atoms with Crippen LogP contribution in [0.3, 0.4) is 0 Å². The SMILES string of the molecule is C=CC(=O)OCC(COCc1ccc2c(c1)c1ccccc1c1c3ccc(C(OC)C(COC(=O)C=C)OC)cc3c3ccccc3c21)OC. The number of rotatable bonds is 15. The molecule has 3 unspecified atom stereocenters. The van der Waals surface area contributed by atoms with E-state index in [1.165, 1.54) is 10.8 Å². The molecule has 50 heavy (non-hydrogen) atoms. The molecule has 6 rings (SSSR count). The molecular weight excluding hydrogens is 632 g/mol. The Kier molecular flexibility index (Phi) is 10.8. The number of fused-ring (bicyclic) bond motifs is 11. The Hall–Kier alpha value is -5.12. The number of benzene rings is 6. The van der Waals surface area contributed by atoms with E-state index in [1.807, 2.05) is 0 Å². The summed E-state index contributed by atoms with van der Waals surface area (Å²) in [6, 6.07) is 29.8. The van der Waals surface area contributed by atoms with Crippen LogP contribution in [0.4, 0.5) is 0 Å². The highest BCUT2D eigenvalue weighted by Gasteiger charge is 2.26. The van der Waals surface area contributed by atoms with Crippen molar-refractivity contribution in [2.45, 2.75) is 24.9 Å². The molecule has 256 valence electrons. The van der Waals surface area contributed by atoms with Crippen LogP contribution < -0.4 is 0 Å². The third-order valence-electron chi connectivity index (χ3n) is 9.15. The molecule has 0 radical (unpaired) electrons. The molecule has 6 aromatic rings. The first-order valence-corrected chi connectivity index (χ1v) is 16.4. The quantitative estimate of drug-likeness (QED) is 0.0614. The average molecular weight is 673 g/mol. The van der Waals surface area contributed by atoms with Crippen LogP contribution in [0.25, 0.3) is 53.9 Å². The summed E-state index contributed by atoms with van der Waals surface area (Å²) in [5.41, 5.74) is 1.93. The molecule has 0 amide bonds. The maximum atomic E-state index is 11.8. The molecule has 0 aromatic heterocycles. The number of carbonyl (C=O) groups excluding carboxylic acids is 2. The smallest absolute Gasteiger partial charge is 0.330 e. The molecule has 6 aromatic carbocycles. The van der Waals surface area contributed by atoms with Crippen molar-refractivity contribution in [3.05, 3.63) is 121 Å². The van der Waals surface area contributed by atoms with Gasteiger partial charge in [0.1, 0.15) is 31.5 Å². The molecule has 0 aliphatic heterocycles. The highest BCUT2D eigenvalue weighted by Crippen LogP contribution is 2.44. The lowest BCUT2D eigenvalue weighted by atomic mass is 9.86. The van der Waals surface area contributed by atoms with Crippen molar-refractivity contribution in [3.63, 3.8) is 0 Å². The van der Waals surface area contributed by atoms with Crippen LogP contribution in [0.2, 0.25) is 0 Å². The number of carbonyl (C=O) groups is 2. The molecule has 0 saturated carbocycles. The van der Waals surface area contributed by atoms with Gasteiger partial charge in [0, 0.05) is 33.5 Å². The van der Waals surface area contributed by atoms with E-state index < -0.39 is 30.3 Å². The Bertz CT molecular complexity index is 2220. The standard InChI is InChI=1S/C42H40O8/c1-6-38(43)49-24-28(45-3)23-48-22-26-16-18-33-35(20-26)29-12-8-10-14-31(29)41-34-19-17-27(42(47-5)37(46-4)25-50-39(44)7-2)21-36(34)30-13-9-11-15-32(30)40(33)41/h6-21,28,37,42H,1-2,22-25H2,3-5H3. The summed E-state index contributed by atoms with van der Waals surface area (Å²) < 4.78 is 33.6. The summed E-state index contributed by atoms with van der Waals surface area (Å²) in [7, 11) is 4.77. The van der Waals surface area contributed by atoms with E-state index in [0.717, 1.165) is 66.4 Å². The molecule has 0 N–H and O–H groups in total. The second kappa shape index (κ2) is 15.6. The molecule has 0 aliphatic carbocycles. The van der Waals surface area contributed by atoms with Crippen molar-refractivity contribution in [1.29, 1.82) is 0 Å². The summed E-state index contributed by atoms with van der Waals surface area (Å²) in [6.07, 6.45) is 0.870. The number of hydrogen-bond donors (Lipinski definition) is 0. The second-order valence-corrected chi connectivity index (χ2v) is 12.0. The molecule has 0 heterocycles. The molecule has 0 spiro atoms. The predicted molar refractivity (Wildman–Crippen MR) is 197 cm³/mol. The highest BCUT2D eigenvalue weighted by molar-refractivity contribution is 6.39. The number of esters is 2. The van der Waals surface area contributed by atoms with Gasteiger partial charge < -0.3 is 28.4 Å². The molecule has 0 aliphatic rings. The van der Waals surface area contributed by atoms with Crippen LogP contribution in [0.1, 0.15) is 17.2 Å². The normalized spacial score (nSPS) is 13.4. The largest absolute Gasteiger partial charge is 0.460 e. The number of methoxy groups -OCH3 is 3. The third-order valence-corrected chi connectivity index (χ3v) is 9.15. The van der Waals surface area contributed by atoms with Crippen LogP contribution in [0, 0.1) is 0 Å². The van der Waals surface area contributed by atoms with E-state index in [9.17, 15) is 9.59 Å². The van der Waals surface area contributed by atoms with Crippen LogP contribution in [0.15, 0.2) is 110 Å². The zero-order valence-electron chi connectivity index (χ0n) is 28.5. The molecule has 8 heteroatoms. The van der Waals surface area contributed by atoms with Gasteiger partial charge >= 0.3 is 11.9 Å². The topological polar surface area (TPSA) is 89.5 Å². The molecule has 0 fully saturated rings. The summed E-state index contributed by atoms with van der Waals surface area (Å²) in [5.74, 6) is -1.01. The maximum Gasteiger partial charge on any atom is 0.330 e. The first-order chi connectivity index (χ1) is 24.4. The minimum atomic E-state index is -0.522. The van der Waals surface area contributed by atoms with Gasteiger partial charge in [-0.25, -0.2) is 9.59 Å². The Morgan fingerprint density at radius 2 is 1.14 bits per heavy atom. The van der Waals surface area contributed by atoms with Crippen LogP contribution in [-0.2, 0) is 44.6 Å². The zero-order chi connectivity index (χ0) is 35.2. The van der Waals surface area contributed by atoms with Gasteiger partial charge in [0.05, 0.1) is 13.2 Å². The van der Waals surface area contributed by atoms with E-state index in [-0.39, 0.29) is 19.8 Å². The van der Waals surface area contributed by atoms with Crippen LogP contribution in [0.5, 0.6) is 0 Å². The summed E-state index contributed by atoms with van der Waals surface area (Å²) in [6.45, 7) is 7.66. The molecule has 0 saturated heterocycles. The fourth-order valence-corrected chi connectivity index (χ4v) is 6.73. The van der Waals surface area contributed by atoms with Gasteiger partial charge in [-0.1, -0.05) is 86.0 Å². The summed E-state index contributed by atoms with van der Waals surface area (Å²) in [4.78, 5) is 23.3. The van der Waals surface area contributed by atoms with Crippen molar-refractivity contribution in [3.8, 4) is 0 Å². The zero-order valence-corrected chi connectivity index (χ0v) is 28.5. The predicted octanol–water partition coefficient (Wildman–Crippen LogP) is 8.15. The van der Waals surface area contributed by atoms with Crippen molar-refractivity contribution < 1.29 is 38.0 Å². The Balaban J connectivity index is 1.46. The lowest BCUT2D eigenvalue weighted by Crippen LogP contribution is -2.28. The number of hydrogen-bond acceptors (Lipinski definition) is 8. The lowest BCUT2D eigenvalue weighted by Gasteiger charge is -2.25. The van der Waals surface area contributed by atoms with E-state index in [4.69, 9.17) is 28.4 Å². The van der Waals surface area contributed by atoms with Gasteiger partial charge in [0.2, 0.25) is 0 Å². The van der Waals surface area contributed by atoms with Gasteiger partial charge in [0.15, 0.2) is 0 Å². The fourth-order valence-electron chi connectivity index (χ4n) is 6.73. The molecular formula is C42H40O8. The maximum absolute atomic E-state index is 11.8. The summed E-state index contributed by atoms with van der Waals surface area (Å²) in [5, 5.41) is 11.4. The number of ether oxygens (including phenoxy) is 6. The van der Waals surface area contributed by atoms with E-state index in [1.54, 1.807) is 21.3 Å². The van der Waals surface area contributed by atoms with Gasteiger partial charge in [-0.05, 0) is 77.1 Å². The van der Waals surface area contributed by atoms with Gasteiger partial charge in [-0.15, -0.1) is 0 Å². The first-order valence-electron chi connectivity index (χ1n) is 16.4. The summed E-state index contributed by atoms with van der Waals surface area (Å²) >= 11 is 0. The fraction of sp³-hybridized carbons (Fsp3) is 0.238. The van der Waals surface area contributed by atoms with E-state index in [2.05, 4.69) is 98.1 Å². The average Bonchev–Trinajstić information content (AvgIpc) is 3.16. The molecule has 3 atom stereocenters. The van der Waals surface area contributed by atoms with Crippen LogP contribution >= 0.6 is 0 Å². The Labute approximate surface area is 290 Å². The first kappa shape index (κ1) is 34.7. The van der Waals surface area contributed by atoms with Gasteiger partial charge in [0.25, 0.3) is 0 Å². The van der Waals surface area contributed by atoms with E-state index in [0.29, 0.717) is 6.61 Å². The Morgan fingerprint density at radius 1 is 0.600 bits per heavy atom. The second-order valence-electron chi connectivity index (χ2n) is 12.0. The molecule has 8 nitrogen and oxygen atoms in total. The molecule has 0 bridgehead atoms.